The van der Waals surface area contributed by atoms with E-state index >= 15 is 0 Å². The fraction of sp³-hybridized carbons (Fsp3) is 0.136. The highest BCUT2D eigenvalue weighted by atomic mass is 16.3. The first-order chi connectivity index (χ1) is 13.7. The lowest BCUT2D eigenvalue weighted by atomic mass is 10.0. The van der Waals surface area contributed by atoms with Crippen LogP contribution in [0.1, 0.15) is 29.5 Å². The number of carbonyl (C=O) groups is 2. The molecule has 1 aromatic heterocycles. The molecule has 0 saturated carbocycles. The van der Waals surface area contributed by atoms with E-state index < -0.39 is 11.8 Å². The second kappa shape index (κ2) is 9.32. The van der Waals surface area contributed by atoms with Gasteiger partial charge >= 0.3 is 0 Å². The van der Waals surface area contributed by atoms with Crippen LogP contribution in [0.5, 0.6) is 0 Å². The molecule has 0 unspecified atom stereocenters. The van der Waals surface area contributed by atoms with Gasteiger partial charge in [-0.2, -0.15) is 5.10 Å². The minimum Gasteiger partial charge on any atom is -0.459 e. The van der Waals surface area contributed by atoms with E-state index in [1.807, 2.05) is 49.4 Å². The third-order valence-electron chi connectivity index (χ3n) is 4.13. The number of amides is 2. The highest BCUT2D eigenvalue weighted by molar-refractivity contribution is 6.01. The quantitative estimate of drug-likeness (QED) is 0.489. The number of carbonyl (C=O) groups excluding carboxylic acids is 2. The van der Waals surface area contributed by atoms with E-state index in [1.54, 1.807) is 6.07 Å². The van der Waals surface area contributed by atoms with Gasteiger partial charge in [0.2, 0.25) is 0 Å². The first-order valence-corrected chi connectivity index (χ1v) is 9.00. The molecule has 0 radical (unpaired) electrons. The molecular formula is C22H21N3O3. The molecule has 0 atom stereocenters. The molecule has 0 aliphatic heterocycles. The predicted octanol–water partition coefficient (Wildman–Crippen LogP) is 3.61. The molecule has 2 amide bonds. The number of hydrogen-bond acceptors (Lipinski definition) is 4. The van der Waals surface area contributed by atoms with Crippen molar-refractivity contribution in [3.8, 4) is 11.1 Å². The first-order valence-electron chi connectivity index (χ1n) is 9.00. The van der Waals surface area contributed by atoms with E-state index in [0.717, 1.165) is 22.4 Å². The predicted molar refractivity (Wildman–Crippen MR) is 108 cm³/mol. The van der Waals surface area contributed by atoms with Gasteiger partial charge in [0, 0.05) is 0 Å². The zero-order valence-electron chi connectivity index (χ0n) is 15.5. The van der Waals surface area contributed by atoms with Crippen molar-refractivity contribution in [3.05, 3.63) is 84.3 Å². The van der Waals surface area contributed by atoms with E-state index in [-0.39, 0.29) is 12.3 Å². The van der Waals surface area contributed by atoms with Crippen molar-refractivity contribution in [1.29, 1.82) is 0 Å². The minimum atomic E-state index is -0.448. The third-order valence-corrected chi connectivity index (χ3v) is 4.13. The molecule has 2 aromatic carbocycles. The molecule has 28 heavy (non-hydrogen) atoms. The van der Waals surface area contributed by atoms with Crippen LogP contribution in [0.15, 0.2) is 82.5 Å². The van der Waals surface area contributed by atoms with Gasteiger partial charge in [0.25, 0.3) is 11.8 Å². The summed E-state index contributed by atoms with van der Waals surface area (Å²) in [5, 5.41) is 6.68. The lowest BCUT2D eigenvalue weighted by Gasteiger charge is -2.07. The number of hydrogen-bond donors (Lipinski definition) is 2. The molecule has 3 rings (SSSR count). The van der Waals surface area contributed by atoms with Crippen LogP contribution < -0.4 is 10.7 Å². The van der Waals surface area contributed by atoms with Crippen molar-refractivity contribution in [2.75, 3.05) is 6.54 Å². The Kier molecular flexibility index (Phi) is 6.36. The zero-order valence-corrected chi connectivity index (χ0v) is 15.5. The van der Waals surface area contributed by atoms with Crippen LogP contribution in [0.3, 0.4) is 0 Å². The Morgan fingerprint density at radius 1 is 0.929 bits per heavy atom. The van der Waals surface area contributed by atoms with Crippen LogP contribution in [0.4, 0.5) is 0 Å². The summed E-state index contributed by atoms with van der Waals surface area (Å²) < 4.78 is 4.97. The molecular weight excluding hydrogens is 354 g/mol. The van der Waals surface area contributed by atoms with Crippen molar-refractivity contribution in [2.24, 2.45) is 5.10 Å². The normalized spacial score (nSPS) is 11.1. The molecule has 1 heterocycles. The second-order valence-corrected chi connectivity index (χ2v) is 6.05. The van der Waals surface area contributed by atoms with Crippen LogP contribution in [-0.4, -0.2) is 24.1 Å². The summed E-state index contributed by atoms with van der Waals surface area (Å²) in [4.78, 5) is 23.7. The topological polar surface area (TPSA) is 83.7 Å². The van der Waals surface area contributed by atoms with E-state index in [0.29, 0.717) is 6.42 Å². The maximum absolute atomic E-state index is 11.9. The van der Waals surface area contributed by atoms with E-state index in [4.69, 9.17) is 4.42 Å². The largest absolute Gasteiger partial charge is 0.459 e. The summed E-state index contributed by atoms with van der Waals surface area (Å²) >= 11 is 0. The molecule has 0 aliphatic carbocycles. The number of nitrogens with one attached hydrogen (secondary N) is 2. The van der Waals surface area contributed by atoms with Crippen molar-refractivity contribution in [3.63, 3.8) is 0 Å². The molecule has 0 saturated heterocycles. The fourth-order valence-electron chi connectivity index (χ4n) is 2.66. The van der Waals surface area contributed by atoms with Gasteiger partial charge in [-0.05, 0) is 35.2 Å². The van der Waals surface area contributed by atoms with Gasteiger partial charge < -0.3 is 9.73 Å². The summed E-state index contributed by atoms with van der Waals surface area (Å²) in [5.41, 5.74) is 6.43. The van der Waals surface area contributed by atoms with Gasteiger partial charge in [0.15, 0.2) is 5.76 Å². The lowest BCUT2D eigenvalue weighted by molar-refractivity contribution is -0.120. The van der Waals surface area contributed by atoms with E-state index in [2.05, 4.69) is 28.0 Å². The molecule has 0 bridgehead atoms. The highest BCUT2D eigenvalue weighted by Crippen LogP contribution is 2.19. The van der Waals surface area contributed by atoms with Crippen molar-refractivity contribution < 1.29 is 14.0 Å². The summed E-state index contributed by atoms with van der Waals surface area (Å²) in [6.45, 7) is 1.78. The molecule has 0 aliphatic rings. The lowest BCUT2D eigenvalue weighted by Crippen LogP contribution is -2.35. The average Bonchev–Trinajstić information content (AvgIpc) is 3.28. The van der Waals surface area contributed by atoms with Crippen LogP contribution in [0.25, 0.3) is 11.1 Å². The Hall–Kier alpha value is -3.67. The van der Waals surface area contributed by atoms with Crippen LogP contribution in [0.2, 0.25) is 0 Å². The standard InChI is InChI=1S/C22H21N3O3/c1-2-19(18-12-10-17(11-13-18)16-7-4-3-5-8-16)24-25-21(26)15-23-22(27)20-9-6-14-28-20/h3-14H,2,15H2,1H3,(H,23,27)(H,25,26). The third kappa shape index (κ3) is 4.94. The van der Waals surface area contributed by atoms with Crippen LogP contribution in [-0.2, 0) is 4.79 Å². The summed E-state index contributed by atoms with van der Waals surface area (Å²) in [6.07, 6.45) is 2.06. The SMILES string of the molecule is CCC(=NNC(=O)CNC(=O)c1ccco1)c1ccc(-c2ccccc2)cc1. The molecule has 0 fully saturated rings. The number of furan rings is 1. The fourth-order valence-corrected chi connectivity index (χ4v) is 2.66. The molecule has 0 spiro atoms. The average molecular weight is 375 g/mol. The number of nitrogens with zero attached hydrogens (tertiary/aromatic N) is 1. The Balaban J connectivity index is 1.58. The Morgan fingerprint density at radius 3 is 2.29 bits per heavy atom. The van der Waals surface area contributed by atoms with Gasteiger partial charge in [-0.3, -0.25) is 9.59 Å². The maximum atomic E-state index is 11.9. The summed E-state index contributed by atoms with van der Waals surface area (Å²) in [5.74, 6) is -0.702. The smallest absolute Gasteiger partial charge is 0.287 e. The number of rotatable bonds is 7. The molecule has 3 aromatic rings. The first kappa shape index (κ1) is 19.1. The molecule has 2 N–H and O–H groups in total. The summed E-state index contributed by atoms with van der Waals surface area (Å²) in [7, 11) is 0. The van der Waals surface area contributed by atoms with Crippen LogP contribution >= 0.6 is 0 Å². The van der Waals surface area contributed by atoms with Gasteiger partial charge in [0.1, 0.15) is 0 Å². The molecule has 142 valence electrons. The monoisotopic (exact) mass is 375 g/mol. The van der Waals surface area contributed by atoms with Crippen LogP contribution in [0, 0.1) is 0 Å². The number of benzene rings is 2. The van der Waals surface area contributed by atoms with Gasteiger partial charge in [-0.15, -0.1) is 0 Å². The Morgan fingerprint density at radius 2 is 1.64 bits per heavy atom. The van der Waals surface area contributed by atoms with E-state index in [1.165, 1.54) is 12.3 Å². The van der Waals surface area contributed by atoms with E-state index in [9.17, 15) is 9.59 Å². The van der Waals surface area contributed by atoms with Crippen molar-refractivity contribution in [2.45, 2.75) is 13.3 Å². The molecule has 6 heteroatoms. The second-order valence-electron chi connectivity index (χ2n) is 6.05. The van der Waals surface area contributed by atoms with Gasteiger partial charge in [0.05, 0.1) is 18.5 Å². The highest BCUT2D eigenvalue weighted by Gasteiger charge is 2.10. The molecule has 6 nitrogen and oxygen atoms in total. The van der Waals surface area contributed by atoms with Crippen molar-refractivity contribution >= 4 is 17.5 Å². The zero-order chi connectivity index (χ0) is 19.8. The minimum absolute atomic E-state index is 0.157. The maximum Gasteiger partial charge on any atom is 0.287 e. The Labute approximate surface area is 163 Å². The van der Waals surface area contributed by atoms with Crippen molar-refractivity contribution in [1.82, 2.24) is 10.7 Å². The number of hydrazone groups is 1. The summed E-state index contributed by atoms with van der Waals surface area (Å²) in [6, 6.07) is 21.3. The Bertz CT molecular complexity index is 946. The van der Waals surface area contributed by atoms with Gasteiger partial charge in [-0.25, -0.2) is 5.43 Å². The van der Waals surface area contributed by atoms with Gasteiger partial charge in [-0.1, -0.05) is 61.5 Å².